The molecule has 7 rings (SSSR count). The van der Waals surface area contributed by atoms with E-state index in [1.807, 2.05) is 121 Å². The van der Waals surface area contributed by atoms with Gasteiger partial charge in [-0.2, -0.15) is 0 Å². The van der Waals surface area contributed by atoms with Crippen LogP contribution in [0.4, 0.5) is 4.79 Å². The fraction of sp³-hybridized carbons (Fsp3) is 0.684. The maximum absolute atomic E-state index is 14.8. The second-order valence-corrected chi connectivity index (χ2v) is 22.7. The highest BCUT2D eigenvalue weighted by molar-refractivity contribution is 5.79. The molecule has 3 aromatic rings. The highest BCUT2D eigenvalue weighted by Crippen LogP contribution is 2.46. The lowest BCUT2D eigenvalue weighted by atomic mass is 9.78. The molecule has 0 unspecified atom stereocenters. The number of hydrogen-bond donors (Lipinski definition) is 3. The first kappa shape index (κ1) is 56.8. The average molecular weight is 1020 g/mol. The number of cyclic esters (lactones) is 1. The van der Waals surface area contributed by atoms with Crippen LogP contribution in [0.2, 0.25) is 0 Å². The van der Waals surface area contributed by atoms with Crippen molar-refractivity contribution in [1.29, 1.82) is 0 Å². The van der Waals surface area contributed by atoms with Crippen molar-refractivity contribution in [2.45, 2.75) is 191 Å². The molecule has 73 heavy (non-hydrogen) atoms. The van der Waals surface area contributed by atoms with Crippen LogP contribution in [-0.2, 0) is 42.7 Å². The summed E-state index contributed by atoms with van der Waals surface area (Å²) in [5.74, 6) is -3.23. The number of carbonyl (C=O) groups excluding carboxylic acids is 2. The van der Waals surface area contributed by atoms with Crippen LogP contribution in [0.1, 0.15) is 118 Å². The second-order valence-electron chi connectivity index (χ2n) is 22.7. The molecule has 0 amide bonds. The van der Waals surface area contributed by atoms with Crippen LogP contribution >= 0.6 is 0 Å². The summed E-state index contributed by atoms with van der Waals surface area (Å²) >= 11 is 0. The number of aliphatic hydroxyl groups is 3. The standard InChI is InChI=1S/C57H85N3O13/c1-15-45-57(10,65)50(61)33(2)31-59(13)34(3)29-55(8,64)51(36(5)47(37(6)52(62)70-45)71-46-30-56(9,66-14)49(38(7)69-46)60-26-20-21-27-60)73-53-48(44(58(11)12)28-35(4)68-53)72-54(63)67-32-43-41-24-18-16-22-39(41)40-23-17-19-25-42(40)43/h16-27,33-38,43-51,53,61,64-65H,15,28-32H2,1-14H3/t33-,34+,35+,36-,37+,38-,44-,45+,46-,47-,48+,49+,50+,51+,53-,55+,56+,57+/m0/s1. The predicted molar refractivity (Wildman–Crippen MR) is 276 cm³/mol. The van der Waals surface area contributed by atoms with Crippen molar-refractivity contribution in [2.75, 3.05) is 41.4 Å². The van der Waals surface area contributed by atoms with Gasteiger partial charge in [0.1, 0.15) is 18.3 Å². The van der Waals surface area contributed by atoms with Crippen LogP contribution in [0.25, 0.3) is 11.1 Å². The third-order valence-electron chi connectivity index (χ3n) is 16.8. The van der Waals surface area contributed by atoms with Crippen molar-refractivity contribution in [3.8, 4) is 11.1 Å². The second kappa shape index (κ2) is 23.1. The first-order valence-electron chi connectivity index (χ1n) is 26.4. The molecule has 18 atom stereocenters. The Hall–Kier alpha value is -3.94. The van der Waals surface area contributed by atoms with Crippen molar-refractivity contribution < 1.29 is 62.8 Å². The fourth-order valence-electron chi connectivity index (χ4n) is 12.6. The van der Waals surface area contributed by atoms with Gasteiger partial charge >= 0.3 is 12.1 Å². The molecule has 2 aromatic carbocycles. The lowest BCUT2D eigenvalue weighted by Gasteiger charge is -2.50. The Bertz CT molecular complexity index is 2250. The summed E-state index contributed by atoms with van der Waals surface area (Å²) in [7, 11) is 7.38. The first-order valence-corrected chi connectivity index (χ1v) is 26.4. The van der Waals surface area contributed by atoms with Crippen LogP contribution in [0, 0.1) is 17.8 Å². The Labute approximate surface area is 433 Å². The van der Waals surface area contributed by atoms with Gasteiger partial charge in [-0.15, -0.1) is 0 Å². The van der Waals surface area contributed by atoms with Gasteiger partial charge in [-0.25, -0.2) is 4.79 Å². The molecule has 3 aliphatic heterocycles. The van der Waals surface area contributed by atoms with E-state index in [4.69, 9.17) is 37.9 Å². The molecule has 0 radical (unpaired) electrons. The quantitative estimate of drug-likeness (QED) is 0.160. The summed E-state index contributed by atoms with van der Waals surface area (Å²) < 4.78 is 54.5. The predicted octanol–water partition coefficient (Wildman–Crippen LogP) is 7.56. The van der Waals surface area contributed by atoms with E-state index in [9.17, 15) is 24.9 Å². The van der Waals surface area contributed by atoms with E-state index in [0.29, 0.717) is 13.0 Å². The summed E-state index contributed by atoms with van der Waals surface area (Å²) in [6, 6.07) is 19.2. The van der Waals surface area contributed by atoms with Crippen molar-refractivity contribution in [1.82, 2.24) is 14.4 Å². The molecule has 16 heteroatoms. The van der Waals surface area contributed by atoms with Gasteiger partial charge < -0.3 is 67.6 Å². The highest BCUT2D eigenvalue weighted by Gasteiger charge is 2.54. The van der Waals surface area contributed by atoms with Crippen LogP contribution in [-0.4, -0.2) is 167 Å². The van der Waals surface area contributed by atoms with Gasteiger partial charge in [-0.3, -0.25) is 4.79 Å². The van der Waals surface area contributed by atoms with E-state index in [0.717, 1.165) is 22.3 Å². The van der Waals surface area contributed by atoms with Crippen molar-refractivity contribution >= 4 is 12.1 Å². The van der Waals surface area contributed by atoms with Crippen molar-refractivity contribution in [3.05, 3.63) is 84.2 Å². The summed E-state index contributed by atoms with van der Waals surface area (Å²) in [5.41, 5.74) is 0.0543. The zero-order valence-electron chi connectivity index (χ0n) is 45.7. The van der Waals surface area contributed by atoms with Crippen molar-refractivity contribution in [2.24, 2.45) is 17.8 Å². The summed E-state index contributed by atoms with van der Waals surface area (Å²) in [6.07, 6.45) is -4.34. The number of esters is 1. The van der Waals surface area contributed by atoms with Crippen LogP contribution in [0.5, 0.6) is 0 Å². The zero-order chi connectivity index (χ0) is 53.3. The molecular weight excluding hydrogens is 935 g/mol. The smallest absolute Gasteiger partial charge is 0.459 e. The molecule has 16 nitrogen and oxygen atoms in total. The Balaban J connectivity index is 1.25. The van der Waals surface area contributed by atoms with Gasteiger partial charge in [-0.05, 0) is 129 Å². The summed E-state index contributed by atoms with van der Waals surface area (Å²) in [6.45, 7) is 18.7. The molecule has 3 N–H and O–H groups in total. The molecule has 0 bridgehead atoms. The molecule has 3 saturated heterocycles. The molecule has 0 saturated carbocycles. The Morgan fingerprint density at radius 2 is 1.48 bits per heavy atom. The fourth-order valence-corrected chi connectivity index (χ4v) is 12.6. The Morgan fingerprint density at radius 1 is 0.863 bits per heavy atom. The number of rotatable bonds is 11. The number of likely N-dealkylation sites (N-methyl/N-ethyl adjacent to an activating group) is 1. The number of nitrogens with zero attached hydrogens (tertiary/aromatic N) is 3. The van der Waals surface area contributed by atoms with E-state index in [-0.39, 0.29) is 50.0 Å². The monoisotopic (exact) mass is 1020 g/mol. The van der Waals surface area contributed by atoms with E-state index in [1.165, 1.54) is 6.92 Å². The molecule has 4 aliphatic rings. The summed E-state index contributed by atoms with van der Waals surface area (Å²) in [5, 5.41) is 36.9. The zero-order valence-corrected chi connectivity index (χ0v) is 45.7. The SMILES string of the molecule is CC[C@H]1OC(=O)[C@H](C)[C@@H](O[C@H]2C[C@@](C)(OC)[C@H](n3cccc3)[C@H](C)O2)[C@H](C)[C@@H](O[C@@H]2O[C@H](C)C[C@H](N(C)C)[C@H]2OC(=O)OCC2c3ccccc3-c3ccccc32)[C@](C)(O)C[C@@H](C)N(C)C[C@H](C)[C@@H](O)[C@]1(C)O. The number of aliphatic hydroxyl groups excluding tert-OH is 1. The Kier molecular flexibility index (Phi) is 18.0. The molecule has 0 spiro atoms. The molecule has 4 heterocycles. The van der Waals surface area contributed by atoms with Crippen LogP contribution in [0.15, 0.2) is 73.1 Å². The number of ether oxygens (including phenoxy) is 8. The van der Waals surface area contributed by atoms with Gasteiger partial charge in [0.2, 0.25) is 0 Å². The van der Waals surface area contributed by atoms with Gasteiger partial charge in [0.15, 0.2) is 18.7 Å². The lowest BCUT2D eigenvalue weighted by Crippen LogP contribution is -2.61. The highest BCUT2D eigenvalue weighted by atomic mass is 16.8. The van der Waals surface area contributed by atoms with Gasteiger partial charge in [0.25, 0.3) is 0 Å². The number of fused-ring (bicyclic) bond motifs is 3. The van der Waals surface area contributed by atoms with E-state index < -0.39 is 102 Å². The maximum atomic E-state index is 14.8. The number of aromatic nitrogens is 1. The minimum Gasteiger partial charge on any atom is -0.459 e. The average Bonchev–Trinajstić information content (AvgIpc) is 3.99. The van der Waals surface area contributed by atoms with Crippen LogP contribution in [0.3, 0.4) is 0 Å². The van der Waals surface area contributed by atoms with Crippen LogP contribution < -0.4 is 0 Å². The number of methoxy groups -OCH3 is 1. The first-order chi connectivity index (χ1) is 34.4. The molecule has 1 aliphatic carbocycles. The van der Waals surface area contributed by atoms with Gasteiger partial charge in [0.05, 0.1) is 59.7 Å². The summed E-state index contributed by atoms with van der Waals surface area (Å²) in [4.78, 5) is 32.9. The van der Waals surface area contributed by atoms with Gasteiger partial charge in [0, 0.05) is 50.3 Å². The van der Waals surface area contributed by atoms with E-state index >= 15 is 0 Å². The van der Waals surface area contributed by atoms with Crippen molar-refractivity contribution in [3.63, 3.8) is 0 Å². The lowest BCUT2D eigenvalue weighted by molar-refractivity contribution is -0.313. The molecule has 1 aromatic heterocycles. The topological polar surface area (TPSA) is 180 Å². The minimum atomic E-state index is -1.82. The molecular formula is C57H85N3O13. The van der Waals surface area contributed by atoms with E-state index in [2.05, 4.69) is 28.8 Å². The number of carbonyl (C=O) groups is 2. The van der Waals surface area contributed by atoms with Gasteiger partial charge in [-0.1, -0.05) is 69.3 Å². The third kappa shape index (κ3) is 12.0. The largest absolute Gasteiger partial charge is 0.508 e. The molecule has 3 fully saturated rings. The molecule has 406 valence electrons. The maximum Gasteiger partial charge on any atom is 0.508 e. The normalized spacial score (nSPS) is 39.2. The third-order valence-corrected chi connectivity index (χ3v) is 16.8. The Morgan fingerprint density at radius 3 is 2.07 bits per heavy atom. The number of hydrogen-bond acceptors (Lipinski definition) is 15. The number of benzene rings is 2. The minimum absolute atomic E-state index is 0.0435. The van der Waals surface area contributed by atoms with E-state index in [1.54, 1.807) is 27.9 Å².